The SMILES string of the molecule is Cc1ccc(-c2nc3cccnc3s2)cc1NC(=O)COc1ccc(F)cc1F. The fourth-order valence-electron chi connectivity index (χ4n) is 2.70. The van der Waals surface area contributed by atoms with Crippen molar-refractivity contribution in [1.29, 1.82) is 0 Å². The number of aryl methyl sites for hydroxylation is 1. The lowest BCUT2D eigenvalue weighted by molar-refractivity contribution is -0.118. The van der Waals surface area contributed by atoms with Crippen LogP contribution in [0.4, 0.5) is 14.5 Å². The quantitative estimate of drug-likeness (QED) is 0.504. The molecule has 0 bridgehead atoms. The van der Waals surface area contributed by atoms with E-state index >= 15 is 0 Å². The zero-order valence-corrected chi connectivity index (χ0v) is 16.1. The topological polar surface area (TPSA) is 64.1 Å². The largest absolute Gasteiger partial charge is 0.481 e. The van der Waals surface area contributed by atoms with Gasteiger partial charge in [-0.25, -0.2) is 18.7 Å². The molecule has 0 spiro atoms. The zero-order valence-electron chi connectivity index (χ0n) is 15.3. The fourth-order valence-corrected chi connectivity index (χ4v) is 3.61. The first-order chi connectivity index (χ1) is 14.0. The van der Waals surface area contributed by atoms with Crippen molar-refractivity contribution in [2.45, 2.75) is 6.92 Å². The minimum absolute atomic E-state index is 0.186. The Bertz CT molecular complexity index is 1180. The molecule has 29 heavy (non-hydrogen) atoms. The maximum absolute atomic E-state index is 13.6. The van der Waals surface area contributed by atoms with Crippen LogP contribution < -0.4 is 10.1 Å². The lowest BCUT2D eigenvalue weighted by Crippen LogP contribution is -2.21. The van der Waals surface area contributed by atoms with Crippen molar-refractivity contribution in [3.63, 3.8) is 0 Å². The zero-order chi connectivity index (χ0) is 20.4. The second-order valence-electron chi connectivity index (χ2n) is 6.29. The molecule has 0 aliphatic rings. The van der Waals surface area contributed by atoms with Crippen LogP contribution in [0, 0.1) is 18.6 Å². The van der Waals surface area contributed by atoms with E-state index in [4.69, 9.17) is 4.74 Å². The summed E-state index contributed by atoms with van der Waals surface area (Å²) in [4.78, 5) is 22.0. The van der Waals surface area contributed by atoms with Crippen LogP contribution in [-0.4, -0.2) is 22.5 Å². The maximum Gasteiger partial charge on any atom is 0.262 e. The first-order valence-electron chi connectivity index (χ1n) is 8.70. The number of aromatic nitrogens is 2. The summed E-state index contributed by atoms with van der Waals surface area (Å²) >= 11 is 1.46. The minimum atomic E-state index is -0.861. The summed E-state index contributed by atoms with van der Waals surface area (Å²) in [5.41, 5.74) is 3.12. The van der Waals surface area contributed by atoms with Gasteiger partial charge in [0.1, 0.15) is 21.2 Å². The van der Waals surface area contributed by atoms with Gasteiger partial charge in [-0.15, -0.1) is 0 Å². The Hall–Kier alpha value is -3.39. The molecule has 2 heterocycles. The molecule has 2 aromatic carbocycles. The average Bonchev–Trinajstić information content (AvgIpc) is 3.13. The summed E-state index contributed by atoms with van der Waals surface area (Å²) in [6.45, 7) is 1.46. The number of ether oxygens (including phenoxy) is 1. The Kier molecular flexibility index (Phi) is 5.18. The Morgan fingerprint density at radius 1 is 1.17 bits per heavy atom. The van der Waals surface area contributed by atoms with Gasteiger partial charge in [0.25, 0.3) is 5.91 Å². The Balaban J connectivity index is 1.49. The van der Waals surface area contributed by atoms with Crippen LogP contribution in [0.1, 0.15) is 5.56 Å². The molecular formula is C21H15F2N3O2S. The van der Waals surface area contributed by atoms with Crippen LogP contribution in [-0.2, 0) is 4.79 Å². The highest BCUT2D eigenvalue weighted by molar-refractivity contribution is 7.21. The summed E-state index contributed by atoms with van der Waals surface area (Å²) < 4.78 is 31.7. The number of anilines is 1. The molecule has 8 heteroatoms. The molecule has 0 saturated heterocycles. The number of fused-ring (bicyclic) bond motifs is 1. The van der Waals surface area contributed by atoms with E-state index in [0.29, 0.717) is 11.8 Å². The third kappa shape index (κ3) is 4.22. The molecule has 0 saturated carbocycles. The van der Waals surface area contributed by atoms with E-state index in [9.17, 15) is 13.6 Å². The Morgan fingerprint density at radius 2 is 2.03 bits per heavy atom. The number of pyridine rings is 1. The first-order valence-corrected chi connectivity index (χ1v) is 9.51. The molecule has 0 fully saturated rings. The van der Waals surface area contributed by atoms with E-state index in [1.807, 2.05) is 37.3 Å². The van der Waals surface area contributed by atoms with E-state index in [1.165, 1.54) is 11.3 Å². The van der Waals surface area contributed by atoms with Gasteiger partial charge in [0, 0.05) is 23.5 Å². The molecule has 5 nitrogen and oxygen atoms in total. The number of thiazole rings is 1. The number of carbonyl (C=O) groups is 1. The molecule has 0 radical (unpaired) electrons. The van der Waals surface area contributed by atoms with Gasteiger partial charge < -0.3 is 10.1 Å². The highest BCUT2D eigenvalue weighted by Crippen LogP contribution is 2.31. The predicted molar refractivity (Wildman–Crippen MR) is 108 cm³/mol. The minimum Gasteiger partial charge on any atom is -0.481 e. The Morgan fingerprint density at radius 3 is 2.83 bits per heavy atom. The van der Waals surface area contributed by atoms with Gasteiger partial charge >= 0.3 is 0 Å². The highest BCUT2D eigenvalue weighted by Gasteiger charge is 2.12. The molecule has 4 aromatic rings. The lowest BCUT2D eigenvalue weighted by atomic mass is 10.1. The molecule has 1 amide bonds. The predicted octanol–water partition coefficient (Wildman–Crippen LogP) is 4.96. The van der Waals surface area contributed by atoms with Crippen molar-refractivity contribution in [3.8, 4) is 16.3 Å². The van der Waals surface area contributed by atoms with Crippen molar-refractivity contribution in [2.24, 2.45) is 0 Å². The molecule has 0 aliphatic carbocycles. The number of carbonyl (C=O) groups excluding carboxylic acids is 1. The van der Waals surface area contributed by atoms with Gasteiger partial charge in [0.05, 0.1) is 0 Å². The van der Waals surface area contributed by atoms with Gasteiger partial charge in [-0.3, -0.25) is 4.79 Å². The summed E-state index contributed by atoms with van der Waals surface area (Å²) in [6, 6.07) is 12.3. The normalized spacial score (nSPS) is 10.9. The number of nitrogens with zero attached hydrogens (tertiary/aromatic N) is 2. The van der Waals surface area contributed by atoms with Gasteiger partial charge in [-0.1, -0.05) is 23.5 Å². The van der Waals surface area contributed by atoms with Crippen LogP contribution in [0.5, 0.6) is 5.75 Å². The molecule has 146 valence electrons. The van der Waals surface area contributed by atoms with Crippen LogP contribution in [0.15, 0.2) is 54.7 Å². The number of hydrogen-bond acceptors (Lipinski definition) is 5. The summed E-state index contributed by atoms with van der Waals surface area (Å²) in [5.74, 6) is -2.22. The number of halogens is 2. The van der Waals surface area contributed by atoms with Crippen LogP contribution in [0.25, 0.3) is 20.9 Å². The summed E-state index contributed by atoms with van der Waals surface area (Å²) in [7, 11) is 0. The number of nitrogens with one attached hydrogen (secondary N) is 1. The van der Waals surface area contributed by atoms with Crippen molar-refractivity contribution < 1.29 is 18.3 Å². The second-order valence-corrected chi connectivity index (χ2v) is 7.27. The van der Waals surface area contributed by atoms with E-state index in [0.717, 1.165) is 38.6 Å². The third-order valence-electron chi connectivity index (χ3n) is 4.18. The second kappa shape index (κ2) is 7.92. The van der Waals surface area contributed by atoms with Crippen LogP contribution >= 0.6 is 11.3 Å². The average molecular weight is 411 g/mol. The summed E-state index contributed by atoms with van der Waals surface area (Å²) in [6.07, 6.45) is 1.72. The standard InChI is InChI=1S/C21H15F2N3O2S/c1-12-4-5-13(20-26-16-3-2-8-24-21(16)29-20)9-17(12)25-19(27)11-28-18-7-6-14(22)10-15(18)23/h2-10H,11H2,1H3,(H,25,27). The number of benzene rings is 2. The molecule has 1 N–H and O–H groups in total. The molecule has 4 rings (SSSR count). The number of hydrogen-bond donors (Lipinski definition) is 1. The number of rotatable bonds is 5. The highest BCUT2D eigenvalue weighted by atomic mass is 32.1. The fraction of sp³-hybridized carbons (Fsp3) is 0.0952. The summed E-state index contributed by atoms with van der Waals surface area (Å²) in [5, 5.41) is 3.55. The van der Waals surface area contributed by atoms with Crippen LogP contribution in [0.2, 0.25) is 0 Å². The smallest absolute Gasteiger partial charge is 0.262 e. The molecular weight excluding hydrogens is 396 g/mol. The van der Waals surface area contributed by atoms with Gasteiger partial charge in [0.15, 0.2) is 18.2 Å². The number of amides is 1. The van der Waals surface area contributed by atoms with E-state index in [1.54, 1.807) is 6.20 Å². The van der Waals surface area contributed by atoms with Crippen LogP contribution in [0.3, 0.4) is 0 Å². The van der Waals surface area contributed by atoms with Gasteiger partial charge in [0.2, 0.25) is 0 Å². The van der Waals surface area contributed by atoms with Crippen molar-refractivity contribution in [1.82, 2.24) is 9.97 Å². The molecule has 0 aliphatic heterocycles. The molecule has 0 unspecified atom stereocenters. The van der Waals surface area contributed by atoms with Crippen molar-refractivity contribution in [2.75, 3.05) is 11.9 Å². The van der Waals surface area contributed by atoms with E-state index in [-0.39, 0.29) is 5.75 Å². The van der Waals surface area contributed by atoms with Crippen molar-refractivity contribution in [3.05, 3.63) is 71.9 Å². The molecule has 2 aromatic heterocycles. The van der Waals surface area contributed by atoms with Gasteiger partial charge in [-0.2, -0.15) is 0 Å². The molecule has 0 atom stereocenters. The van der Waals surface area contributed by atoms with E-state index in [2.05, 4.69) is 15.3 Å². The third-order valence-corrected chi connectivity index (χ3v) is 5.21. The monoisotopic (exact) mass is 411 g/mol. The lowest BCUT2D eigenvalue weighted by Gasteiger charge is -2.11. The van der Waals surface area contributed by atoms with E-state index < -0.39 is 24.1 Å². The van der Waals surface area contributed by atoms with Crippen molar-refractivity contribution >= 4 is 33.3 Å². The first kappa shape index (κ1) is 18.9. The maximum atomic E-state index is 13.6. The Labute approximate surface area is 169 Å². The van der Waals surface area contributed by atoms with Gasteiger partial charge in [-0.05, 0) is 42.8 Å².